The smallest absolute Gasteiger partial charge is 0.270 e. The topological polar surface area (TPSA) is 89.4 Å². The van der Waals surface area contributed by atoms with Crippen LogP contribution in [0.4, 0.5) is 10.1 Å². The van der Waals surface area contributed by atoms with Crippen molar-refractivity contribution in [3.8, 4) is 5.75 Å². The Kier molecular flexibility index (Phi) is 2.98. The number of phenolic OH excluding ortho intramolecular Hbond substituents is 1. The van der Waals surface area contributed by atoms with Gasteiger partial charge >= 0.3 is 0 Å². The highest BCUT2D eigenvalue weighted by Crippen LogP contribution is 2.29. The Morgan fingerprint density at radius 2 is 2.29 bits per heavy atom. The number of nitro groups is 1. The fourth-order valence-corrected chi connectivity index (χ4v) is 1.03. The Hall–Kier alpha value is -1.69. The maximum absolute atomic E-state index is 13.1. The Bertz CT molecular complexity index is 356. The third-order valence-corrected chi connectivity index (χ3v) is 1.77. The number of rotatable bonds is 3. The van der Waals surface area contributed by atoms with E-state index in [1.807, 2.05) is 0 Å². The van der Waals surface area contributed by atoms with Gasteiger partial charge in [-0.25, -0.2) is 4.39 Å². The van der Waals surface area contributed by atoms with Gasteiger partial charge in [-0.05, 0) is 6.07 Å². The molecule has 1 aromatic carbocycles. The zero-order chi connectivity index (χ0) is 10.7. The first-order chi connectivity index (χ1) is 6.56. The summed E-state index contributed by atoms with van der Waals surface area (Å²) in [6.45, 7) is -0.325. The molecule has 1 rings (SSSR count). The molecular weight excluding hydrogens is 191 g/mol. The standard InChI is InChI=1S/C8H9FN2O3/c9-7(4-10)6-3-5(11(13)14)1-2-8(6)12/h1-3,7,12H,4,10H2. The molecule has 0 aliphatic heterocycles. The molecule has 1 aromatic rings. The van der Waals surface area contributed by atoms with E-state index in [0.717, 1.165) is 18.2 Å². The van der Waals surface area contributed by atoms with Crippen molar-refractivity contribution in [3.63, 3.8) is 0 Å². The quantitative estimate of drug-likeness (QED) is 0.567. The van der Waals surface area contributed by atoms with Crippen molar-refractivity contribution in [2.75, 3.05) is 6.54 Å². The second-order valence-corrected chi connectivity index (χ2v) is 2.70. The van der Waals surface area contributed by atoms with Crippen LogP contribution in [0.2, 0.25) is 0 Å². The Labute approximate surface area is 79.1 Å². The highest BCUT2D eigenvalue weighted by atomic mass is 19.1. The number of halogens is 1. The average molecular weight is 200 g/mol. The monoisotopic (exact) mass is 200 g/mol. The Balaban J connectivity index is 3.14. The van der Waals surface area contributed by atoms with Crippen LogP contribution >= 0.6 is 0 Å². The zero-order valence-electron chi connectivity index (χ0n) is 7.18. The van der Waals surface area contributed by atoms with Crippen LogP contribution in [0.5, 0.6) is 5.75 Å². The number of alkyl halides is 1. The lowest BCUT2D eigenvalue weighted by molar-refractivity contribution is -0.385. The van der Waals surface area contributed by atoms with E-state index >= 15 is 0 Å². The van der Waals surface area contributed by atoms with Gasteiger partial charge < -0.3 is 10.8 Å². The molecule has 0 radical (unpaired) electrons. The summed E-state index contributed by atoms with van der Waals surface area (Å²) < 4.78 is 13.1. The first-order valence-electron chi connectivity index (χ1n) is 3.87. The minimum Gasteiger partial charge on any atom is -0.508 e. The first-order valence-corrected chi connectivity index (χ1v) is 3.87. The summed E-state index contributed by atoms with van der Waals surface area (Å²) in [4.78, 5) is 9.69. The minimum atomic E-state index is -1.59. The molecule has 0 saturated heterocycles. The summed E-state index contributed by atoms with van der Waals surface area (Å²) in [5.41, 5.74) is 4.62. The normalized spacial score (nSPS) is 12.4. The molecule has 0 amide bonds. The Morgan fingerprint density at radius 1 is 1.64 bits per heavy atom. The van der Waals surface area contributed by atoms with Crippen LogP contribution in [-0.2, 0) is 0 Å². The van der Waals surface area contributed by atoms with Gasteiger partial charge in [-0.2, -0.15) is 0 Å². The largest absolute Gasteiger partial charge is 0.508 e. The molecule has 3 N–H and O–H groups in total. The first kappa shape index (κ1) is 10.4. The molecule has 0 aromatic heterocycles. The van der Waals surface area contributed by atoms with E-state index in [9.17, 15) is 19.6 Å². The molecular formula is C8H9FN2O3. The molecule has 0 spiro atoms. The van der Waals surface area contributed by atoms with Gasteiger partial charge in [0, 0.05) is 24.2 Å². The summed E-state index contributed by atoms with van der Waals surface area (Å²) in [5.74, 6) is -0.325. The number of aromatic hydroxyl groups is 1. The van der Waals surface area contributed by atoms with E-state index < -0.39 is 11.1 Å². The molecule has 0 aliphatic carbocycles. The van der Waals surface area contributed by atoms with Crippen LogP contribution in [0.15, 0.2) is 18.2 Å². The van der Waals surface area contributed by atoms with Crippen molar-refractivity contribution < 1.29 is 14.4 Å². The molecule has 0 heterocycles. The van der Waals surface area contributed by atoms with E-state index in [2.05, 4.69) is 0 Å². The lowest BCUT2D eigenvalue weighted by Crippen LogP contribution is -2.08. The van der Waals surface area contributed by atoms with Crippen LogP contribution < -0.4 is 5.73 Å². The van der Waals surface area contributed by atoms with Crippen molar-refractivity contribution >= 4 is 5.69 Å². The van der Waals surface area contributed by atoms with Gasteiger partial charge in [0.2, 0.25) is 0 Å². The van der Waals surface area contributed by atoms with Crippen molar-refractivity contribution in [3.05, 3.63) is 33.9 Å². The number of nitrogens with zero attached hydrogens (tertiary/aromatic N) is 1. The molecule has 76 valence electrons. The predicted molar refractivity (Wildman–Crippen MR) is 47.7 cm³/mol. The van der Waals surface area contributed by atoms with E-state index in [1.54, 1.807) is 0 Å². The molecule has 14 heavy (non-hydrogen) atoms. The van der Waals surface area contributed by atoms with Gasteiger partial charge in [-0.15, -0.1) is 0 Å². The molecule has 0 fully saturated rings. The van der Waals surface area contributed by atoms with Gasteiger partial charge in [0.05, 0.1) is 4.92 Å². The molecule has 0 saturated carbocycles. The SMILES string of the molecule is NCC(F)c1cc([N+](=O)[O-])ccc1O. The van der Waals surface area contributed by atoms with Gasteiger partial charge in [-0.3, -0.25) is 10.1 Å². The number of phenols is 1. The fraction of sp³-hybridized carbons (Fsp3) is 0.250. The maximum Gasteiger partial charge on any atom is 0.270 e. The number of non-ortho nitro benzene ring substituents is 1. The summed E-state index contributed by atoms with van der Waals surface area (Å²) in [5, 5.41) is 19.5. The molecule has 0 bridgehead atoms. The van der Waals surface area contributed by atoms with E-state index in [1.165, 1.54) is 0 Å². The van der Waals surface area contributed by atoms with E-state index in [0.29, 0.717) is 0 Å². The van der Waals surface area contributed by atoms with E-state index in [-0.39, 0.29) is 23.5 Å². The van der Waals surface area contributed by atoms with Crippen LogP contribution in [0.25, 0.3) is 0 Å². The highest BCUT2D eigenvalue weighted by Gasteiger charge is 2.16. The van der Waals surface area contributed by atoms with E-state index in [4.69, 9.17) is 5.73 Å². The third-order valence-electron chi connectivity index (χ3n) is 1.77. The summed E-state index contributed by atoms with van der Waals surface area (Å²) in [6.07, 6.45) is -1.59. The molecule has 6 heteroatoms. The summed E-state index contributed by atoms with van der Waals surface area (Å²) in [6, 6.07) is 3.16. The predicted octanol–water partition coefficient (Wildman–Crippen LogP) is 1.27. The van der Waals surface area contributed by atoms with Crippen LogP contribution in [-0.4, -0.2) is 16.6 Å². The van der Waals surface area contributed by atoms with Gasteiger partial charge in [0.25, 0.3) is 5.69 Å². The number of hydrogen-bond acceptors (Lipinski definition) is 4. The van der Waals surface area contributed by atoms with Crippen LogP contribution in [0, 0.1) is 10.1 Å². The van der Waals surface area contributed by atoms with Crippen LogP contribution in [0.3, 0.4) is 0 Å². The second-order valence-electron chi connectivity index (χ2n) is 2.70. The molecule has 1 atom stereocenters. The Morgan fingerprint density at radius 3 is 2.79 bits per heavy atom. The highest BCUT2D eigenvalue weighted by molar-refractivity contribution is 5.44. The second kappa shape index (κ2) is 4.01. The molecule has 0 aliphatic rings. The van der Waals surface area contributed by atoms with Gasteiger partial charge in [0.1, 0.15) is 11.9 Å². The molecule has 1 unspecified atom stereocenters. The number of nitrogens with two attached hydrogens (primary N) is 1. The molecule has 5 nitrogen and oxygen atoms in total. The van der Waals surface area contributed by atoms with Crippen molar-refractivity contribution in [1.29, 1.82) is 0 Å². The fourth-order valence-electron chi connectivity index (χ4n) is 1.03. The van der Waals surface area contributed by atoms with Crippen LogP contribution in [0.1, 0.15) is 11.7 Å². The lowest BCUT2D eigenvalue weighted by atomic mass is 10.1. The van der Waals surface area contributed by atoms with Crippen molar-refractivity contribution in [2.45, 2.75) is 6.17 Å². The minimum absolute atomic E-state index is 0.151. The third kappa shape index (κ3) is 1.97. The van der Waals surface area contributed by atoms with Gasteiger partial charge in [0.15, 0.2) is 0 Å². The van der Waals surface area contributed by atoms with Gasteiger partial charge in [-0.1, -0.05) is 0 Å². The lowest BCUT2D eigenvalue weighted by Gasteiger charge is -2.07. The summed E-state index contributed by atoms with van der Waals surface area (Å²) in [7, 11) is 0. The number of hydrogen-bond donors (Lipinski definition) is 2. The number of nitro benzene ring substituents is 1. The van der Waals surface area contributed by atoms with Crippen molar-refractivity contribution in [1.82, 2.24) is 0 Å². The number of benzene rings is 1. The average Bonchev–Trinajstić information content (AvgIpc) is 2.17. The van der Waals surface area contributed by atoms with Crippen molar-refractivity contribution in [2.24, 2.45) is 5.73 Å². The zero-order valence-corrected chi connectivity index (χ0v) is 7.18. The maximum atomic E-state index is 13.1. The summed E-state index contributed by atoms with van der Waals surface area (Å²) >= 11 is 0.